The second-order valence-corrected chi connectivity index (χ2v) is 8.33. The molecule has 0 unspecified atom stereocenters. The van der Waals surface area contributed by atoms with Gasteiger partial charge in [0, 0.05) is 16.9 Å². The van der Waals surface area contributed by atoms with Crippen molar-refractivity contribution >= 4 is 11.4 Å². The summed E-state index contributed by atoms with van der Waals surface area (Å²) in [7, 11) is 0. The Balaban J connectivity index is 2.59. The standard InChI is InChI=1S/C22H28N2/c1-17-14-18(15-23)12-13-20(17)24(19-10-8-7-9-11-19)22(5,6)16-21(2,3)4/h7-14H,16H2,1-6H3. The van der Waals surface area contributed by atoms with Crippen molar-refractivity contribution in [2.75, 3.05) is 4.90 Å². The number of hydrogen-bond donors (Lipinski definition) is 0. The molecule has 0 saturated heterocycles. The van der Waals surface area contributed by atoms with Gasteiger partial charge in [-0.25, -0.2) is 0 Å². The smallest absolute Gasteiger partial charge is 0.0991 e. The molecular formula is C22H28N2. The lowest BCUT2D eigenvalue weighted by Gasteiger charge is -2.44. The molecule has 2 heteroatoms. The molecule has 0 bridgehead atoms. The molecule has 2 aromatic carbocycles. The van der Waals surface area contributed by atoms with E-state index in [0.29, 0.717) is 5.56 Å². The Morgan fingerprint density at radius 3 is 2.08 bits per heavy atom. The Morgan fingerprint density at radius 1 is 0.958 bits per heavy atom. The van der Waals surface area contributed by atoms with Gasteiger partial charge in [-0.3, -0.25) is 0 Å². The number of hydrogen-bond acceptors (Lipinski definition) is 2. The topological polar surface area (TPSA) is 27.0 Å². The lowest BCUT2D eigenvalue weighted by molar-refractivity contribution is 0.284. The number of anilines is 2. The number of nitrogens with zero attached hydrogens (tertiary/aromatic N) is 2. The quantitative estimate of drug-likeness (QED) is 0.668. The van der Waals surface area contributed by atoms with E-state index in [-0.39, 0.29) is 11.0 Å². The van der Waals surface area contributed by atoms with Crippen molar-refractivity contribution in [2.45, 2.75) is 53.5 Å². The summed E-state index contributed by atoms with van der Waals surface area (Å²) in [6.07, 6.45) is 1.05. The van der Waals surface area contributed by atoms with Crippen LogP contribution in [-0.2, 0) is 0 Å². The maximum atomic E-state index is 9.16. The molecule has 0 aliphatic heterocycles. The summed E-state index contributed by atoms with van der Waals surface area (Å²) in [5.74, 6) is 0. The van der Waals surface area contributed by atoms with Gasteiger partial charge in [0.05, 0.1) is 11.6 Å². The zero-order valence-electron chi connectivity index (χ0n) is 15.7. The maximum absolute atomic E-state index is 9.16. The molecular weight excluding hydrogens is 292 g/mol. The SMILES string of the molecule is Cc1cc(C#N)ccc1N(c1ccccc1)C(C)(C)CC(C)(C)C. The Hall–Kier alpha value is -2.27. The highest BCUT2D eigenvalue weighted by Gasteiger charge is 2.33. The summed E-state index contributed by atoms with van der Waals surface area (Å²) < 4.78 is 0. The minimum Gasteiger partial charge on any atom is -0.336 e. The molecule has 0 fully saturated rings. The lowest BCUT2D eigenvalue weighted by atomic mass is 9.80. The normalized spacial score (nSPS) is 11.9. The summed E-state index contributed by atoms with van der Waals surface area (Å²) in [5.41, 5.74) is 4.34. The van der Waals surface area contributed by atoms with Gasteiger partial charge in [0.15, 0.2) is 0 Å². The van der Waals surface area contributed by atoms with E-state index in [0.717, 1.165) is 17.7 Å². The average Bonchev–Trinajstić information content (AvgIpc) is 2.47. The predicted molar refractivity (Wildman–Crippen MR) is 103 cm³/mol. The highest BCUT2D eigenvalue weighted by molar-refractivity contribution is 5.69. The van der Waals surface area contributed by atoms with Gasteiger partial charge >= 0.3 is 0 Å². The van der Waals surface area contributed by atoms with Crippen LogP contribution in [0.5, 0.6) is 0 Å². The first kappa shape index (κ1) is 18.1. The second-order valence-electron chi connectivity index (χ2n) is 8.33. The molecule has 0 atom stereocenters. The number of aryl methyl sites for hydroxylation is 1. The average molecular weight is 320 g/mol. The van der Waals surface area contributed by atoms with Gasteiger partial charge in [-0.05, 0) is 68.5 Å². The van der Waals surface area contributed by atoms with E-state index in [9.17, 15) is 0 Å². The minimum absolute atomic E-state index is 0.0570. The second kappa shape index (κ2) is 6.69. The number of para-hydroxylation sites is 1. The largest absolute Gasteiger partial charge is 0.336 e. The first-order valence-corrected chi connectivity index (χ1v) is 8.50. The van der Waals surface area contributed by atoms with Crippen LogP contribution in [0.2, 0.25) is 0 Å². The molecule has 0 N–H and O–H groups in total. The number of benzene rings is 2. The molecule has 0 spiro atoms. The molecule has 24 heavy (non-hydrogen) atoms. The van der Waals surface area contributed by atoms with Gasteiger partial charge in [-0.2, -0.15) is 5.26 Å². The third-order valence-electron chi connectivity index (χ3n) is 4.15. The number of rotatable bonds is 4. The first-order valence-electron chi connectivity index (χ1n) is 8.50. The minimum atomic E-state index is -0.0570. The van der Waals surface area contributed by atoms with Crippen LogP contribution in [0.3, 0.4) is 0 Å². The molecule has 0 aliphatic rings. The molecule has 0 aliphatic carbocycles. The van der Waals surface area contributed by atoms with Gasteiger partial charge in [-0.15, -0.1) is 0 Å². The van der Waals surface area contributed by atoms with Crippen LogP contribution in [0.25, 0.3) is 0 Å². The van der Waals surface area contributed by atoms with E-state index >= 15 is 0 Å². The molecule has 0 radical (unpaired) electrons. The highest BCUT2D eigenvalue weighted by Crippen LogP contribution is 2.40. The fourth-order valence-corrected chi connectivity index (χ4v) is 3.74. The van der Waals surface area contributed by atoms with Crippen LogP contribution in [-0.4, -0.2) is 5.54 Å². The molecule has 2 nitrogen and oxygen atoms in total. The molecule has 0 amide bonds. The monoisotopic (exact) mass is 320 g/mol. The van der Waals surface area contributed by atoms with Crippen LogP contribution in [0, 0.1) is 23.7 Å². The van der Waals surface area contributed by atoms with E-state index in [2.05, 4.69) is 82.8 Å². The molecule has 126 valence electrons. The summed E-state index contributed by atoms with van der Waals surface area (Å²) in [5, 5.41) is 9.16. The predicted octanol–water partition coefficient (Wildman–Crippen LogP) is 6.22. The lowest BCUT2D eigenvalue weighted by Crippen LogP contribution is -2.43. The summed E-state index contributed by atoms with van der Waals surface area (Å²) >= 11 is 0. The fraction of sp³-hybridized carbons (Fsp3) is 0.409. The highest BCUT2D eigenvalue weighted by atomic mass is 15.2. The molecule has 2 rings (SSSR count). The van der Waals surface area contributed by atoms with E-state index < -0.39 is 0 Å². The van der Waals surface area contributed by atoms with Crippen molar-refractivity contribution in [1.82, 2.24) is 0 Å². The molecule has 0 saturated carbocycles. The van der Waals surface area contributed by atoms with Crippen LogP contribution in [0.15, 0.2) is 48.5 Å². The maximum Gasteiger partial charge on any atom is 0.0991 e. The summed E-state index contributed by atoms with van der Waals surface area (Å²) in [4.78, 5) is 2.41. The van der Waals surface area contributed by atoms with Gasteiger partial charge in [0.1, 0.15) is 0 Å². The number of nitriles is 1. The zero-order chi connectivity index (χ0) is 18.0. The van der Waals surface area contributed by atoms with Crippen molar-refractivity contribution < 1.29 is 0 Å². The Bertz CT molecular complexity index is 731. The Morgan fingerprint density at radius 2 is 1.58 bits per heavy atom. The van der Waals surface area contributed by atoms with Gasteiger partial charge < -0.3 is 4.90 Å². The van der Waals surface area contributed by atoms with Crippen LogP contribution < -0.4 is 4.90 Å². The summed E-state index contributed by atoms with van der Waals surface area (Å²) in [6.45, 7) is 13.5. The molecule has 2 aromatic rings. The van der Waals surface area contributed by atoms with Crippen LogP contribution in [0.4, 0.5) is 11.4 Å². The summed E-state index contributed by atoms with van der Waals surface area (Å²) in [6, 6.07) is 18.7. The van der Waals surface area contributed by atoms with E-state index in [1.807, 2.05) is 18.2 Å². The van der Waals surface area contributed by atoms with Gasteiger partial charge in [-0.1, -0.05) is 39.0 Å². The fourth-order valence-electron chi connectivity index (χ4n) is 3.74. The van der Waals surface area contributed by atoms with Crippen molar-refractivity contribution in [2.24, 2.45) is 5.41 Å². The van der Waals surface area contributed by atoms with Crippen LogP contribution in [0.1, 0.15) is 52.2 Å². The third kappa shape index (κ3) is 4.17. The van der Waals surface area contributed by atoms with Crippen molar-refractivity contribution in [3.63, 3.8) is 0 Å². The van der Waals surface area contributed by atoms with E-state index in [1.165, 1.54) is 5.69 Å². The van der Waals surface area contributed by atoms with Crippen LogP contribution >= 0.6 is 0 Å². The third-order valence-corrected chi connectivity index (χ3v) is 4.15. The molecule has 0 aromatic heterocycles. The van der Waals surface area contributed by atoms with Gasteiger partial charge in [0.2, 0.25) is 0 Å². The zero-order valence-corrected chi connectivity index (χ0v) is 15.7. The Kier molecular flexibility index (Phi) is 5.04. The first-order chi connectivity index (χ1) is 11.1. The van der Waals surface area contributed by atoms with E-state index in [4.69, 9.17) is 5.26 Å². The van der Waals surface area contributed by atoms with Crippen molar-refractivity contribution in [3.05, 3.63) is 59.7 Å². The van der Waals surface area contributed by atoms with E-state index in [1.54, 1.807) is 0 Å². The van der Waals surface area contributed by atoms with Crippen molar-refractivity contribution in [3.8, 4) is 6.07 Å². The van der Waals surface area contributed by atoms with Gasteiger partial charge in [0.25, 0.3) is 0 Å². The Labute approximate surface area is 146 Å². The van der Waals surface area contributed by atoms with Crippen molar-refractivity contribution in [1.29, 1.82) is 5.26 Å². The molecule has 0 heterocycles.